The SMILES string of the molecule is CCCCN(C)C(=O)c1cnc(N2CCN(C(=O)c3ccco3)CC2)nc1. The van der Waals surface area contributed by atoms with E-state index in [-0.39, 0.29) is 11.8 Å². The molecule has 1 aliphatic rings. The molecular weight excluding hydrogens is 346 g/mol. The summed E-state index contributed by atoms with van der Waals surface area (Å²) in [6.45, 7) is 5.24. The second kappa shape index (κ2) is 8.66. The maximum absolute atomic E-state index is 12.3. The van der Waals surface area contributed by atoms with Crippen LogP contribution in [0.5, 0.6) is 0 Å². The molecule has 1 aliphatic heterocycles. The molecule has 2 amide bonds. The molecule has 0 aromatic carbocycles. The smallest absolute Gasteiger partial charge is 0.289 e. The molecule has 144 valence electrons. The number of unbranched alkanes of at least 4 members (excludes halogenated alkanes) is 1. The minimum absolute atomic E-state index is 0.0659. The Hall–Kier alpha value is -2.90. The van der Waals surface area contributed by atoms with Crippen molar-refractivity contribution in [1.82, 2.24) is 19.8 Å². The zero-order chi connectivity index (χ0) is 19.2. The van der Waals surface area contributed by atoms with E-state index in [2.05, 4.69) is 16.9 Å². The van der Waals surface area contributed by atoms with Gasteiger partial charge >= 0.3 is 0 Å². The van der Waals surface area contributed by atoms with Gasteiger partial charge in [-0.2, -0.15) is 0 Å². The van der Waals surface area contributed by atoms with Crippen LogP contribution in [0.15, 0.2) is 35.2 Å². The molecule has 0 aliphatic carbocycles. The number of hydrogen-bond donors (Lipinski definition) is 0. The van der Waals surface area contributed by atoms with E-state index in [0.29, 0.717) is 43.5 Å². The highest BCUT2D eigenvalue weighted by atomic mass is 16.3. The van der Waals surface area contributed by atoms with Crippen LogP contribution in [0.2, 0.25) is 0 Å². The average Bonchev–Trinajstić information content (AvgIpc) is 3.26. The van der Waals surface area contributed by atoms with Crippen molar-refractivity contribution in [3.63, 3.8) is 0 Å². The van der Waals surface area contributed by atoms with Crippen LogP contribution in [0.25, 0.3) is 0 Å². The summed E-state index contributed by atoms with van der Waals surface area (Å²) in [4.78, 5) is 38.8. The molecule has 0 radical (unpaired) electrons. The molecular formula is C19H25N5O3. The van der Waals surface area contributed by atoms with Crippen LogP contribution in [0.3, 0.4) is 0 Å². The van der Waals surface area contributed by atoms with E-state index in [1.165, 1.54) is 6.26 Å². The third kappa shape index (κ3) is 4.45. The van der Waals surface area contributed by atoms with E-state index >= 15 is 0 Å². The lowest BCUT2D eigenvalue weighted by molar-refractivity contribution is 0.0713. The first-order valence-corrected chi connectivity index (χ1v) is 9.25. The number of rotatable bonds is 6. The van der Waals surface area contributed by atoms with E-state index in [9.17, 15) is 9.59 Å². The molecule has 0 atom stereocenters. The second-order valence-corrected chi connectivity index (χ2v) is 6.61. The maximum atomic E-state index is 12.3. The predicted octanol–water partition coefficient (Wildman–Crippen LogP) is 1.90. The van der Waals surface area contributed by atoms with E-state index in [1.54, 1.807) is 41.4 Å². The summed E-state index contributed by atoms with van der Waals surface area (Å²) in [6, 6.07) is 3.38. The van der Waals surface area contributed by atoms with Gasteiger partial charge in [-0.1, -0.05) is 13.3 Å². The van der Waals surface area contributed by atoms with Crippen molar-refractivity contribution >= 4 is 17.8 Å². The molecule has 2 aromatic rings. The Bertz CT molecular complexity index is 752. The Labute approximate surface area is 158 Å². The third-order valence-corrected chi connectivity index (χ3v) is 4.66. The van der Waals surface area contributed by atoms with Gasteiger partial charge in [-0.15, -0.1) is 0 Å². The van der Waals surface area contributed by atoms with Crippen LogP contribution in [-0.4, -0.2) is 71.4 Å². The third-order valence-electron chi connectivity index (χ3n) is 4.66. The Kier molecular flexibility index (Phi) is 6.05. The standard InChI is InChI=1S/C19H25N5O3/c1-3-4-7-22(2)17(25)15-13-20-19(21-14-15)24-10-8-23(9-11-24)18(26)16-6-5-12-27-16/h5-6,12-14H,3-4,7-11H2,1-2H3. The highest BCUT2D eigenvalue weighted by Crippen LogP contribution is 2.14. The topological polar surface area (TPSA) is 82.8 Å². The number of anilines is 1. The van der Waals surface area contributed by atoms with Gasteiger partial charge in [0.15, 0.2) is 5.76 Å². The van der Waals surface area contributed by atoms with Crippen molar-refractivity contribution in [3.05, 3.63) is 42.1 Å². The Morgan fingerprint density at radius 1 is 1.19 bits per heavy atom. The highest BCUT2D eigenvalue weighted by Gasteiger charge is 2.25. The van der Waals surface area contributed by atoms with E-state index in [1.807, 2.05) is 4.90 Å². The minimum atomic E-state index is -0.100. The molecule has 0 bridgehead atoms. The number of carbonyl (C=O) groups excluding carboxylic acids is 2. The Morgan fingerprint density at radius 2 is 1.89 bits per heavy atom. The van der Waals surface area contributed by atoms with Crippen molar-refractivity contribution < 1.29 is 14.0 Å². The zero-order valence-electron chi connectivity index (χ0n) is 15.8. The number of aromatic nitrogens is 2. The number of furan rings is 1. The van der Waals surface area contributed by atoms with Gasteiger partial charge in [0, 0.05) is 52.2 Å². The van der Waals surface area contributed by atoms with Gasteiger partial charge in [-0.05, 0) is 18.6 Å². The monoisotopic (exact) mass is 371 g/mol. The lowest BCUT2D eigenvalue weighted by atomic mass is 10.2. The summed E-state index contributed by atoms with van der Waals surface area (Å²) in [7, 11) is 1.79. The van der Waals surface area contributed by atoms with Crippen molar-refractivity contribution in [3.8, 4) is 0 Å². The largest absolute Gasteiger partial charge is 0.459 e. The van der Waals surface area contributed by atoms with Crippen molar-refractivity contribution in [1.29, 1.82) is 0 Å². The van der Waals surface area contributed by atoms with Gasteiger partial charge < -0.3 is 19.1 Å². The summed E-state index contributed by atoms with van der Waals surface area (Å²) in [6.07, 6.45) is 6.67. The van der Waals surface area contributed by atoms with Crippen LogP contribution in [0, 0.1) is 0 Å². The quantitative estimate of drug-likeness (QED) is 0.771. The number of carbonyl (C=O) groups is 2. The fraction of sp³-hybridized carbons (Fsp3) is 0.474. The molecule has 0 unspecified atom stereocenters. The number of nitrogens with zero attached hydrogens (tertiary/aromatic N) is 5. The van der Waals surface area contributed by atoms with Crippen molar-refractivity contribution in [2.45, 2.75) is 19.8 Å². The molecule has 8 nitrogen and oxygen atoms in total. The predicted molar refractivity (Wildman–Crippen MR) is 101 cm³/mol. The molecule has 3 heterocycles. The van der Waals surface area contributed by atoms with Crippen molar-refractivity contribution in [2.75, 3.05) is 44.7 Å². The number of hydrogen-bond acceptors (Lipinski definition) is 6. The van der Waals surface area contributed by atoms with E-state index in [0.717, 1.165) is 19.4 Å². The molecule has 27 heavy (non-hydrogen) atoms. The first-order valence-electron chi connectivity index (χ1n) is 9.25. The second-order valence-electron chi connectivity index (χ2n) is 6.61. The maximum Gasteiger partial charge on any atom is 0.289 e. The summed E-state index contributed by atoms with van der Waals surface area (Å²) >= 11 is 0. The molecule has 8 heteroatoms. The summed E-state index contributed by atoms with van der Waals surface area (Å²) < 4.78 is 5.17. The minimum Gasteiger partial charge on any atom is -0.459 e. The first-order chi connectivity index (χ1) is 13.1. The van der Waals surface area contributed by atoms with Crippen molar-refractivity contribution in [2.24, 2.45) is 0 Å². The Balaban J connectivity index is 1.55. The zero-order valence-corrected chi connectivity index (χ0v) is 15.8. The highest BCUT2D eigenvalue weighted by molar-refractivity contribution is 5.93. The van der Waals surface area contributed by atoms with Crippen LogP contribution in [-0.2, 0) is 0 Å². The molecule has 3 rings (SSSR count). The van der Waals surface area contributed by atoms with Gasteiger partial charge in [-0.3, -0.25) is 9.59 Å². The van der Waals surface area contributed by atoms with Crippen LogP contribution in [0.4, 0.5) is 5.95 Å². The first kappa shape index (κ1) is 18.9. The number of piperazine rings is 1. The summed E-state index contributed by atoms with van der Waals surface area (Å²) in [5.41, 5.74) is 0.490. The molecule has 0 N–H and O–H groups in total. The van der Waals surface area contributed by atoms with E-state index in [4.69, 9.17) is 4.42 Å². The fourth-order valence-electron chi connectivity index (χ4n) is 2.98. The normalized spacial score (nSPS) is 14.3. The van der Waals surface area contributed by atoms with Gasteiger partial charge in [0.05, 0.1) is 11.8 Å². The van der Waals surface area contributed by atoms with Gasteiger partial charge in [0.2, 0.25) is 5.95 Å². The Morgan fingerprint density at radius 3 is 2.48 bits per heavy atom. The van der Waals surface area contributed by atoms with E-state index < -0.39 is 0 Å². The molecule has 0 saturated carbocycles. The average molecular weight is 371 g/mol. The molecule has 1 fully saturated rings. The summed E-state index contributed by atoms with van der Waals surface area (Å²) in [5.74, 6) is 0.767. The van der Waals surface area contributed by atoms with Gasteiger partial charge in [-0.25, -0.2) is 9.97 Å². The fourth-order valence-corrected chi connectivity index (χ4v) is 2.98. The van der Waals surface area contributed by atoms with Gasteiger partial charge in [0.25, 0.3) is 11.8 Å². The van der Waals surface area contributed by atoms with Crippen LogP contribution in [0.1, 0.15) is 40.7 Å². The molecule has 2 aromatic heterocycles. The van der Waals surface area contributed by atoms with Gasteiger partial charge in [0.1, 0.15) is 0 Å². The van der Waals surface area contributed by atoms with Crippen LogP contribution < -0.4 is 4.90 Å². The molecule has 0 spiro atoms. The lowest BCUT2D eigenvalue weighted by Gasteiger charge is -2.34. The van der Waals surface area contributed by atoms with Crippen LogP contribution >= 0.6 is 0 Å². The summed E-state index contributed by atoms with van der Waals surface area (Å²) in [5, 5.41) is 0. The number of amides is 2. The molecule has 1 saturated heterocycles. The lowest BCUT2D eigenvalue weighted by Crippen LogP contribution is -2.49.